The van der Waals surface area contributed by atoms with E-state index in [4.69, 9.17) is 19.0 Å². The standard InChI is InChI=1S/C20H21NO7/c1-12-8-17(22)16-5-4-14(9-18(16)27-12)26-11-15(10-21-13-2-3-13)28-20(25)7-6-19(23)24/h4-9,13,15,21H,2-3,10-11H2,1H3,(H,23,24)/b7-6-. The molecule has 0 amide bonds. The lowest BCUT2D eigenvalue weighted by molar-refractivity contribution is -0.144. The second kappa shape index (κ2) is 8.71. The molecule has 0 spiro atoms. The summed E-state index contributed by atoms with van der Waals surface area (Å²) in [5.74, 6) is -1.02. The molecular weight excluding hydrogens is 366 g/mol. The Morgan fingerprint density at radius 1 is 1.32 bits per heavy atom. The summed E-state index contributed by atoms with van der Waals surface area (Å²) >= 11 is 0. The maximum absolute atomic E-state index is 11.9. The number of carboxylic acids is 1. The van der Waals surface area contributed by atoms with E-state index < -0.39 is 18.0 Å². The molecule has 2 aromatic rings. The van der Waals surface area contributed by atoms with Gasteiger partial charge in [0.05, 0.1) is 5.39 Å². The van der Waals surface area contributed by atoms with Gasteiger partial charge in [0.25, 0.3) is 0 Å². The van der Waals surface area contributed by atoms with Crippen LogP contribution in [0.3, 0.4) is 0 Å². The van der Waals surface area contributed by atoms with Crippen LogP contribution in [0.4, 0.5) is 0 Å². The molecule has 2 N–H and O–H groups in total. The summed E-state index contributed by atoms with van der Waals surface area (Å²) in [6, 6.07) is 6.71. The fourth-order valence-corrected chi connectivity index (χ4v) is 2.60. The topological polar surface area (TPSA) is 115 Å². The number of benzene rings is 1. The smallest absolute Gasteiger partial charge is 0.331 e. The summed E-state index contributed by atoms with van der Waals surface area (Å²) < 4.78 is 16.5. The summed E-state index contributed by atoms with van der Waals surface area (Å²) in [5.41, 5.74) is 0.285. The molecule has 1 aromatic carbocycles. The number of carboxylic acid groups (broad SMARTS) is 1. The molecule has 1 atom stereocenters. The van der Waals surface area contributed by atoms with E-state index in [1.54, 1.807) is 25.1 Å². The van der Waals surface area contributed by atoms with Crippen LogP contribution in [0.1, 0.15) is 18.6 Å². The zero-order chi connectivity index (χ0) is 20.1. The van der Waals surface area contributed by atoms with Crippen molar-refractivity contribution >= 4 is 22.9 Å². The average molecular weight is 387 g/mol. The number of carbonyl (C=O) groups excluding carboxylic acids is 1. The molecule has 1 aliphatic carbocycles. The van der Waals surface area contributed by atoms with Crippen molar-refractivity contribution in [2.45, 2.75) is 31.9 Å². The third kappa shape index (κ3) is 5.68. The Balaban J connectivity index is 1.66. The van der Waals surface area contributed by atoms with Crippen LogP contribution >= 0.6 is 0 Å². The minimum absolute atomic E-state index is 0.0634. The van der Waals surface area contributed by atoms with Gasteiger partial charge in [0.15, 0.2) is 5.43 Å². The molecule has 1 aliphatic rings. The molecule has 0 radical (unpaired) electrons. The number of hydrogen-bond donors (Lipinski definition) is 2. The summed E-state index contributed by atoms with van der Waals surface area (Å²) in [6.07, 6.45) is 3.13. The van der Waals surface area contributed by atoms with Gasteiger partial charge in [-0.1, -0.05) is 0 Å². The number of rotatable bonds is 9. The van der Waals surface area contributed by atoms with E-state index in [0.29, 0.717) is 35.1 Å². The normalized spacial score (nSPS) is 14.9. The highest BCUT2D eigenvalue weighted by molar-refractivity contribution is 5.90. The summed E-state index contributed by atoms with van der Waals surface area (Å²) in [7, 11) is 0. The van der Waals surface area contributed by atoms with E-state index in [9.17, 15) is 14.4 Å². The lowest BCUT2D eigenvalue weighted by Crippen LogP contribution is -2.36. The molecule has 0 saturated heterocycles. The molecule has 3 rings (SSSR count). The first kappa shape index (κ1) is 19.6. The van der Waals surface area contributed by atoms with Crippen LogP contribution in [0.25, 0.3) is 11.0 Å². The van der Waals surface area contributed by atoms with Gasteiger partial charge in [-0.2, -0.15) is 0 Å². The summed E-state index contributed by atoms with van der Waals surface area (Å²) in [6.45, 7) is 2.14. The lowest BCUT2D eigenvalue weighted by atomic mass is 10.2. The number of carbonyl (C=O) groups is 2. The summed E-state index contributed by atoms with van der Waals surface area (Å²) in [5, 5.41) is 12.3. The Morgan fingerprint density at radius 3 is 2.82 bits per heavy atom. The molecule has 1 heterocycles. The fraction of sp³-hybridized carbons (Fsp3) is 0.350. The van der Waals surface area contributed by atoms with Crippen LogP contribution in [-0.4, -0.2) is 42.3 Å². The fourth-order valence-electron chi connectivity index (χ4n) is 2.60. The Morgan fingerprint density at radius 2 is 2.11 bits per heavy atom. The van der Waals surface area contributed by atoms with Crippen LogP contribution in [0.15, 0.2) is 45.6 Å². The van der Waals surface area contributed by atoms with Crippen LogP contribution in [0.2, 0.25) is 0 Å². The molecule has 1 saturated carbocycles. The van der Waals surface area contributed by atoms with Crippen molar-refractivity contribution in [2.24, 2.45) is 0 Å². The van der Waals surface area contributed by atoms with Gasteiger partial charge < -0.3 is 24.3 Å². The predicted octanol–water partition coefficient (Wildman–Crippen LogP) is 1.78. The van der Waals surface area contributed by atoms with Gasteiger partial charge in [-0.25, -0.2) is 9.59 Å². The van der Waals surface area contributed by atoms with E-state index >= 15 is 0 Å². The van der Waals surface area contributed by atoms with Crippen LogP contribution in [-0.2, 0) is 14.3 Å². The maximum atomic E-state index is 11.9. The molecule has 28 heavy (non-hydrogen) atoms. The van der Waals surface area contributed by atoms with E-state index in [2.05, 4.69) is 5.32 Å². The van der Waals surface area contributed by atoms with E-state index in [1.807, 2.05) is 0 Å². The zero-order valence-corrected chi connectivity index (χ0v) is 15.3. The highest BCUT2D eigenvalue weighted by atomic mass is 16.6. The van der Waals surface area contributed by atoms with Crippen molar-refractivity contribution in [3.8, 4) is 5.75 Å². The maximum Gasteiger partial charge on any atom is 0.331 e. The van der Waals surface area contributed by atoms with Gasteiger partial charge in [0.2, 0.25) is 0 Å². The Bertz CT molecular complexity index is 959. The molecule has 148 valence electrons. The van der Waals surface area contributed by atoms with Gasteiger partial charge >= 0.3 is 11.9 Å². The molecule has 1 fully saturated rings. The van der Waals surface area contributed by atoms with Gasteiger partial charge in [0.1, 0.15) is 29.8 Å². The van der Waals surface area contributed by atoms with Crippen LogP contribution in [0, 0.1) is 6.92 Å². The number of hydrogen-bond acceptors (Lipinski definition) is 7. The summed E-state index contributed by atoms with van der Waals surface area (Å²) in [4.78, 5) is 34.2. The molecule has 1 aromatic heterocycles. The number of aryl methyl sites for hydroxylation is 1. The van der Waals surface area contributed by atoms with Crippen molar-refractivity contribution in [1.82, 2.24) is 5.32 Å². The predicted molar refractivity (Wildman–Crippen MR) is 100 cm³/mol. The Labute approximate surface area is 160 Å². The first-order chi connectivity index (χ1) is 13.4. The highest BCUT2D eigenvalue weighted by Crippen LogP contribution is 2.21. The van der Waals surface area contributed by atoms with Crippen molar-refractivity contribution in [1.29, 1.82) is 0 Å². The number of aliphatic carboxylic acids is 1. The minimum atomic E-state index is -1.23. The Hall–Kier alpha value is -3.13. The van der Waals surface area contributed by atoms with Crippen molar-refractivity contribution in [3.05, 3.63) is 52.4 Å². The largest absolute Gasteiger partial charge is 0.490 e. The monoisotopic (exact) mass is 387 g/mol. The van der Waals surface area contributed by atoms with E-state index in [0.717, 1.165) is 25.0 Å². The van der Waals surface area contributed by atoms with E-state index in [1.165, 1.54) is 6.07 Å². The first-order valence-electron chi connectivity index (χ1n) is 8.93. The third-order valence-corrected chi connectivity index (χ3v) is 4.12. The van der Waals surface area contributed by atoms with E-state index in [-0.39, 0.29) is 12.0 Å². The van der Waals surface area contributed by atoms with Crippen LogP contribution in [0.5, 0.6) is 5.75 Å². The van der Waals surface area contributed by atoms with Gasteiger partial charge in [-0.3, -0.25) is 4.79 Å². The number of esters is 1. The molecule has 8 heteroatoms. The van der Waals surface area contributed by atoms with Gasteiger partial charge in [-0.05, 0) is 31.9 Å². The molecule has 8 nitrogen and oxygen atoms in total. The quantitative estimate of drug-likeness (QED) is 0.494. The molecular formula is C20H21NO7. The van der Waals surface area contributed by atoms with Crippen molar-refractivity contribution in [2.75, 3.05) is 13.2 Å². The van der Waals surface area contributed by atoms with Gasteiger partial charge in [0, 0.05) is 36.9 Å². The number of fused-ring (bicyclic) bond motifs is 1. The second-order valence-corrected chi connectivity index (χ2v) is 6.60. The molecule has 1 unspecified atom stereocenters. The van der Waals surface area contributed by atoms with Crippen molar-refractivity contribution in [3.63, 3.8) is 0 Å². The van der Waals surface area contributed by atoms with Crippen LogP contribution < -0.4 is 15.5 Å². The minimum Gasteiger partial charge on any atom is -0.490 e. The SMILES string of the molecule is Cc1cc(=O)c2ccc(OCC(CNC3CC3)OC(=O)/C=C\C(=O)O)cc2o1. The third-order valence-electron chi connectivity index (χ3n) is 4.12. The average Bonchev–Trinajstić information content (AvgIpc) is 3.46. The lowest BCUT2D eigenvalue weighted by Gasteiger charge is -2.18. The van der Waals surface area contributed by atoms with Crippen molar-refractivity contribution < 1.29 is 28.6 Å². The zero-order valence-electron chi connectivity index (χ0n) is 15.3. The number of nitrogens with one attached hydrogen (secondary N) is 1. The highest BCUT2D eigenvalue weighted by Gasteiger charge is 2.23. The first-order valence-corrected chi connectivity index (χ1v) is 8.93. The molecule has 0 aliphatic heterocycles. The van der Waals surface area contributed by atoms with Gasteiger partial charge in [-0.15, -0.1) is 0 Å². The second-order valence-electron chi connectivity index (χ2n) is 6.60. The molecule has 0 bridgehead atoms. The Kier molecular flexibility index (Phi) is 6.10. The number of ether oxygens (including phenoxy) is 2.